The summed E-state index contributed by atoms with van der Waals surface area (Å²) < 4.78 is 5.37. The zero-order chi connectivity index (χ0) is 21.4. The number of H-pyrrole nitrogens is 1. The van der Waals surface area contributed by atoms with E-state index in [9.17, 15) is 9.59 Å². The first-order valence-electron chi connectivity index (χ1n) is 10.6. The van der Waals surface area contributed by atoms with Crippen LogP contribution < -0.4 is 0 Å². The highest BCUT2D eigenvalue weighted by Gasteiger charge is 2.37. The molecule has 2 aliphatic rings. The van der Waals surface area contributed by atoms with Crippen LogP contribution in [0.5, 0.6) is 0 Å². The lowest BCUT2D eigenvalue weighted by Crippen LogP contribution is -2.47. The molecule has 2 amide bonds. The van der Waals surface area contributed by atoms with Gasteiger partial charge in [-0.3, -0.25) is 4.79 Å². The number of cyclic esters (lactones) is 1. The van der Waals surface area contributed by atoms with Gasteiger partial charge in [-0.2, -0.15) is 0 Å². The van der Waals surface area contributed by atoms with Gasteiger partial charge in [0.25, 0.3) is 0 Å². The quantitative estimate of drug-likeness (QED) is 0.608. The van der Waals surface area contributed by atoms with Crippen LogP contribution in [0.1, 0.15) is 26.2 Å². The van der Waals surface area contributed by atoms with Crippen LogP contribution in [0.4, 0.5) is 4.79 Å². The van der Waals surface area contributed by atoms with Gasteiger partial charge in [0.05, 0.1) is 12.3 Å². The van der Waals surface area contributed by atoms with Crippen molar-refractivity contribution in [3.63, 3.8) is 0 Å². The fraction of sp³-hybridized carbons (Fsp3) is 0.476. The first-order chi connectivity index (χ1) is 15.1. The van der Waals surface area contributed by atoms with Crippen LogP contribution in [0.2, 0.25) is 0 Å². The predicted octanol–water partition coefficient (Wildman–Crippen LogP) is 2.82. The summed E-state index contributed by atoms with van der Waals surface area (Å²) in [7, 11) is 0. The number of hydrogen-bond acceptors (Lipinski definition) is 7. The normalized spacial score (nSPS) is 20.0. The highest BCUT2D eigenvalue weighted by Crippen LogP contribution is 2.25. The van der Waals surface area contributed by atoms with Crippen LogP contribution in [0.15, 0.2) is 29.4 Å². The van der Waals surface area contributed by atoms with E-state index in [-0.39, 0.29) is 29.9 Å². The summed E-state index contributed by atoms with van der Waals surface area (Å²) in [6.45, 7) is 3.97. The van der Waals surface area contributed by atoms with E-state index in [1.165, 1.54) is 11.8 Å². The number of ether oxygens (including phenoxy) is 1. The molecule has 10 heteroatoms. The second kappa shape index (κ2) is 8.33. The molecule has 2 fully saturated rings. The third-order valence-electron chi connectivity index (χ3n) is 6.04. The molecule has 5 rings (SSSR count). The summed E-state index contributed by atoms with van der Waals surface area (Å²) in [4.78, 5) is 36.2. The minimum Gasteiger partial charge on any atom is -0.444 e. The number of amides is 2. The zero-order valence-corrected chi connectivity index (χ0v) is 18.1. The number of thioether (sulfide) groups is 1. The molecule has 2 aliphatic heterocycles. The fourth-order valence-electron chi connectivity index (χ4n) is 4.26. The standard InChI is InChI=1S/C21H24N6O3S/c1-2-14-11-27(21(29)30-14)13-7-9-26(10-8-13)17(28)12-31-20-23-19-18(24-25-20)15-5-3-4-6-16(15)22-19/h3-6,13-14H,2,7-12H2,1H3,(H,22,23,25). The Hall–Kier alpha value is -2.88. The molecular formula is C21H24N6O3S. The minimum absolute atomic E-state index is 0.00762. The van der Waals surface area contributed by atoms with E-state index in [0.29, 0.717) is 30.4 Å². The van der Waals surface area contributed by atoms with Crippen LogP contribution in [0.25, 0.3) is 22.1 Å². The number of hydrogen-bond donors (Lipinski definition) is 1. The molecular weight excluding hydrogens is 416 g/mol. The number of likely N-dealkylation sites (tertiary alicyclic amines) is 1. The topological polar surface area (TPSA) is 104 Å². The molecule has 1 aromatic carbocycles. The van der Waals surface area contributed by atoms with Gasteiger partial charge in [0.1, 0.15) is 11.6 Å². The van der Waals surface area contributed by atoms with Crippen molar-refractivity contribution in [2.75, 3.05) is 25.4 Å². The van der Waals surface area contributed by atoms with E-state index >= 15 is 0 Å². The first kappa shape index (κ1) is 20.0. The lowest BCUT2D eigenvalue weighted by Gasteiger charge is -2.35. The highest BCUT2D eigenvalue weighted by molar-refractivity contribution is 7.99. The average molecular weight is 441 g/mol. The van der Waals surface area contributed by atoms with Gasteiger partial charge in [-0.25, -0.2) is 9.78 Å². The SMILES string of the molecule is CCC1CN(C2CCN(C(=O)CSc3nnc4c(n3)[nH]c3ccccc34)CC2)C(=O)O1. The Bertz CT molecular complexity index is 1130. The summed E-state index contributed by atoms with van der Waals surface area (Å²) in [6, 6.07) is 8.02. The molecule has 3 aromatic rings. The molecule has 0 bridgehead atoms. The Kier molecular flexibility index (Phi) is 5.39. The van der Waals surface area contributed by atoms with Gasteiger partial charge in [-0.15, -0.1) is 10.2 Å². The van der Waals surface area contributed by atoms with Crippen LogP contribution in [-0.4, -0.2) is 79.5 Å². The van der Waals surface area contributed by atoms with E-state index in [1.807, 2.05) is 41.0 Å². The number of benzene rings is 1. The van der Waals surface area contributed by atoms with Crippen molar-refractivity contribution < 1.29 is 14.3 Å². The van der Waals surface area contributed by atoms with Crippen LogP contribution in [0.3, 0.4) is 0 Å². The summed E-state index contributed by atoms with van der Waals surface area (Å²) in [6.07, 6.45) is 2.16. The highest BCUT2D eigenvalue weighted by atomic mass is 32.2. The first-order valence-corrected chi connectivity index (χ1v) is 11.6. The maximum atomic E-state index is 12.7. The van der Waals surface area contributed by atoms with Crippen molar-refractivity contribution in [3.8, 4) is 0 Å². The molecule has 2 saturated heterocycles. The molecule has 1 unspecified atom stereocenters. The smallest absolute Gasteiger partial charge is 0.410 e. The Morgan fingerprint density at radius 2 is 2.06 bits per heavy atom. The molecule has 0 saturated carbocycles. The number of nitrogens with one attached hydrogen (secondary N) is 1. The van der Waals surface area contributed by atoms with Gasteiger partial charge in [0.15, 0.2) is 5.65 Å². The number of carbonyl (C=O) groups excluding carboxylic acids is 2. The number of para-hydroxylation sites is 1. The Balaban J connectivity index is 1.16. The number of fused-ring (bicyclic) bond motifs is 3. The molecule has 162 valence electrons. The van der Waals surface area contributed by atoms with E-state index < -0.39 is 0 Å². The molecule has 2 aromatic heterocycles. The van der Waals surface area contributed by atoms with E-state index in [1.54, 1.807) is 0 Å². The maximum absolute atomic E-state index is 12.7. The van der Waals surface area contributed by atoms with Gasteiger partial charge in [-0.1, -0.05) is 36.9 Å². The summed E-state index contributed by atoms with van der Waals surface area (Å²) in [5.41, 5.74) is 2.38. The summed E-state index contributed by atoms with van der Waals surface area (Å²) in [5.74, 6) is 0.320. The lowest BCUT2D eigenvalue weighted by molar-refractivity contribution is -0.129. The van der Waals surface area contributed by atoms with Crippen molar-refractivity contribution in [2.45, 2.75) is 43.5 Å². The largest absolute Gasteiger partial charge is 0.444 e. The maximum Gasteiger partial charge on any atom is 0.410 e. The summed E-state index contributed by atoms with van der Waals surface area (Å²) in [5, 5.41) is 9.95. The monoisotopic (exact) mass is 440 g/mol. The number of aromatic amines is 1. The Morgan fingerprint density at radius 1 is 1.26 bits per heavy atom. The van der Waals surface area contributed by atoms with E-state index in [2.05, 4.69) is 20.2 Å². The summed E-state index contributed by atoms with van der Waals surface area (Å²) >= 11 is 1.30. The van der Waals surface area contributed by atoms with Gasteiger partial charge in [0.2, 0.25) is 11.1 Å². The van der Waals surface area contributed by atoms with Crippen molar-refractivity contribution in [3.05, 3.63) is 24.3 Å². The zero-order valence-electron chi connectivity index (χ0n) is 17.3. The van der Waals surface area contributed by atoms with Gasteiger partial charge >= 0.3 is 6.09 Å². The van der Waals surface area contributed by atoms with Gasteiger partial charge < -0.3 is 19.5 Å². The van der Waals surface area contributed by atoms with Gasteiger partial charge in [0, 0.05) is 30.0 Å². The molecule has 9 nitrogen and oxygen atoms in total. The Labute approximate surface area is 183 Å². The van der Waals surface area contributed by atoms with Gasteiger partial charge in [-0.05, 0) is 25.3 Å². The molecule has 31 heavy (non-hydrogen) atoms. The molecule has 0 spiro atoms. The number of nitrogens with zero attached hydrogens (tertiary/aromatic N) is 5. The van der Waals surface area contributed by atoms with E-state index in [0.717, 1.165) is 35.7 Å². The second-order valence-electron chi connectivity index (χ2n) is 7.93. The van der Waals surface area contributed by atoms with Crippen molar-refractivity contribution in [2.24, 2.45) is 0 Å². The fourth-order valence-corrected chi connectivity index (χ4v) is 4.95. The third-order valence-corrected chi connectivity index (χ3v) is 6.87. The number of rotatable bonds is 5. The van der Waals surface area contributed by atoms with Crippen LogP contribution in [-0.2, 0) is 9.53 Å². The molecule has 1 N–H and O–H groups in total. The van der Waals surface area contributed by atoms with Crippen LogP contribution >= 0.6 is 11.8 Å². The molecule has 0 aliphatic carbocycles. The third kappa shape index (κ3) is 3.91. The number of carbonyl (C=O) groups is 2. The lowest BCUT2D eigenvalue weighted by atomic mass is 10.0. The van der Waals surface area contributed by atoms with Crippen molar-refractivity contribution in [1.29, 1.82) is 0 Å². The van der Waals surface area contributed by atoms with Crippen molar-refractivity contribution in [1.82, 2.24) is 30.0 Å². The predicted molar refractivity (Wildman–Crippen MR) is 117 cm³/mol. The molecule has 1 atom stereocenters. The number of piperidine rings is 1. The average Bonchev–Trinajstić information content (AvgIpc) is 3.37. The molecule has 0 radical (unpaired) electrons. The van der Waals surface area contributed by atoms with E-state index in [4.69, 9.17) is 4.74 Å². The minimum atomic E-state index is -0.218. The van der Waals surface area contributed by atoms with Crippen LogP contribution in [0, 0.1) is 0 Å². The molecule has 4 heterocycles. The Morgan fingerprint density at radius 3 is 2.84 bits per heavy atom. The second-order valence-corrected chi connectivity index (χ2v) is 8.87. The number of aromatic nitrogens is 4. The van der Waals surface area contributed by atoms with Crippen molar-refractivity contribution >= 4 is 45.8 Å².